The van der Waals surface area contributed by atoms with E-state index in [0.29, 0.717) is 12.0 Å². The predicted octanol–water partition coefficient (Wildman–Crippen LogP) is 3.56. The molecule has 4 N–H and O–H groups in total. The molecule has 2 heterocycles. The van der Waals surface area contributed by atoms with Gasteiger partial charge in [-0.1, -0.05) is 30.3 Å². The van der Waals surface area contributed by atoms with E-state index in [2.05, 4.69) is 21.6 Å². The number of para-hydroxylation sites is 1. The van der Waals surface area contributed by atoms with Gasteiger partial charge in [0.2, 0.25) is 0 Å². The molecule has 4 rings (SSSR count). The van der Waals surface area contributed by atoms with E-state index in [1.807, 2.05) is 55.5 Å². The number of benzene rings is 2. The smallest absolute Gasteiger partial charge is 0.273 e. The summed E-state index contributed by atoms with van der Waals surface area (Å²) >= 11 is 0. The van der Waals surface area contributed by atoms with Gasteiger partial charge < -0.3 is 10.7 Å². The fourth-order valence-electron chi connectivity index (χ4n) is 3.28. The summed E-state index contributed by atoms with van der Waals surface area (Å²) in [6.07, 6.45) is 3.44. The number of carbonyl (C=O) groups is 1. The highest BCUT2D eigenvalue weighted by molar-refractivity contribution is 6.28. The van der Waals surface area contributed by atoms with Gasteiger partial charge in [-0.25, -0.2) is 5.43 Å². The summed E-state index contributed by atoms with van der Waals surface area (Å²) in [7, 11) is 0. The van der Waals surface area contributed by atoms with E-state index in [9.17, 15) is 4.79 Å². The van der Waals surface area contributed by atoms with Crippen LogP contribution in [0.5, 0.6) is 0 Å². The molecule has 0 saturated heterocycles. The molecule has 5 heteroatoms. The molecule has 1 aromatic heterocycles. The van der Waals surface area contributed by atoms with E-state index >= 15 is 0 Å². The Balaban J connectivity index is 1.62. The molecule has 1 amide bonds. The van der Waals surface area contributed by atoms with Crippen molar-refractivity contribution in [2.45, 2.75) is 19.8 Å². The van der Waals surface area contributed by atoms with Crippen LogP contribution in [-0.2, 0) is 11.2 Å². The molecule has 0 bridgehead atoms. The lowest BCUT2D eigenvalue weighted by Gasteiger charge is -2.04. The predicted molar refractivity (Wildman–Crippen MR) is 106 cm³/mol. The van der Waals surface area contributed by atoms with Gasteiger partial charge in [0.25, 0.3) is 5.91 Å². The molecule has 0 unspecified atom stereocenters. The number of carbonyl (C=O) groups excluding carboxylic acids is 1. The first-order chi connectivity index (χ1) is 12.6. The molecule has 0 radical (unpaired) electrons. The first kappa shape index (κ1) is 16.1. The highest BCUT2D eigenvalue weighted by Gasteiger charge is 2.23. The van der Waals surface area contributed by atoms with Gasteiger partial charge >= 0.3 is 0 Å². The van der Waals surface area contributed by atoms with E-state index in [4.69, 9.17) is 5.73 Å². The van der Waals surface area contributed by atoms with Gasteiger partial charge in [-0.2, -0.15) is 5.10 Å². The number of hydrazone groups is 1. The minimum Gasteiger partial charge on any atom is -0.399 e. The third-order valence-electron chi connectivity index (χ3n) is 4.71. The third kappa shape index (κ3) is 2.99. The monoisotopic (exact) mass is 344 g/mol. The number of aryl methyl sites for hydroxylation is 2. The SMILES string of the molecule is Cc1[nH]c2ccccc2c1C=C1C(=O)NN=C1CCc1ccc(N)cc1. The second-order valence-corrected chi connectivity index (χ2v) is 6.51. The number of nitrogen functional groups attached to an aromatic ring is 1. The summed E-state index contributed by atoms with van der Waals surface area (Å²) in [5.74, 6) is -0.151. The molecule has 0 atom stereocenters. The second-order valence-electron chi connectivity index (χ2n) is 6.51. The Kier molecular flexibility index (Phi) is 4.05. The number of nitrogens with two attached hydrogens (primary N) is 1. The summed E-state index contributed by atoms with van der Waals surface area (Å²) in [6.45, 7) is 2.02. The van der Waals surface area contributed by atoms with Crippen molar-refractivity contribution in [3.8, 4) is 0 Å². The number of anilines is 1. The van der Waals surface area contributed by atoms with Crippen LogP contribution in [0.1, 0.15) is 23.2 Å². The van der Waals surface area contributed by atoms with Crippen LogP contribution >= 0.6 is 0 Å². The zero-order chi connectivity index (χ0) is 18.1. The number of hydrogen-bond acceptors (Lipinski definition) is 3. The summed E-state index contributed by atoms with van der Waals surface area (Å²) in [6, 6.07) is 15.9. The molecule has 1 aliphatic heterocycles. The normalized spacial score (nSPS) is 15.5. The van der Waals surface area contributed by atoms with Crippen molar-refractivity contribution in [3.05, 3.63) is 70.9 Å². The van der Waals surface area contributed by atoms with Crippen LogP contribution in [0.2, 0.25) is 0 Å². The fourth-order valence-corrected chi connectivity index (χ4v) is 3.28. The van der Waals surface area contributed by atoms with Gasteiger partial charge in [0.05, 0.1) is 11.3 Å². The zero-order valence-corrected chi connectivity index (χ0v) is 14.5. The third-order valence-corrected chi connectivity index (χ3v) is 4.71. The second kappa shape index (κ2) is 6.52. The number of fused-ring (bicyclic) bond motifs is 1. The lowest BCUT2D eigenvalue weighted by atomic mass is 9.99. The van der Waals surface area contributed by atoms with Gasteiger partial charge in [-0.3, -0.25) is 4.79 Å². The van der Waals surface area contributed by atoms with E-state index in [1.54, 1.807) is 0 Å². The Bertz CT molecular complexity index is 1040. The summed E-state index contributed by atoms with van der Waals surface area (Å²) in [5.41, 5.74) is 14.8. The van der Waals surface area contributed by atoms with Crippen LogP contribution < -0.4 is 11.2 Å². The minimum atomic E-state index is -0.151. The number of H-pyrrole nitrogens is 1. The van der Waals surface area contributed by atoms with Gasteiger partial charge in [0.15, 0.2) is 0 Å². The lowest BCUT2D eigenvalue weighted by molar-refractivity contribution is -0.116. The Morgan fingerprint density at radius 2 is 1.85 bits per heavy atom. The highest BCUT2D eigenvalue weighted by atomic mass is 16.2. The summed E-state index contributed by atoms with van der Waals surface area (Å²) in [4.78, 5) is 15.7. The Morgan fingerprint density at radius 3 is 2.65 bits per heavy atom. The van der Waals surface area contributed by atoms with Crippen LogP contribution in [0.3, 0.4) is 0 Å². The Morgan fingerprint density at radius 1 is 1.08 bits per heavy atom. The van der Waals surface area contributed by atoms with Crippen LogP contribution in [0.25, 0.3) is 17.0 Å². The molecule has 2 aromatic carbocycles. The van der Waals surface area contributed by atoms with E-state index in [0.717, 1.165) is 40.0 Å². The number of nitrogens with one attached hydrogen (secondary N) is 2. The van der Waals surface area contributed by atoms with Crippen molar-refractivity contribution < 1.29 is 4.79 Å². The number of aromatic amines is 1. The molecule has 0 fully saturated rings. The van der Waals surface area contributed by atoms with E-state index < -0.39 is 0 Å². The molecule has 130 valence electrons. The van der Waals surface area contributed by atoms with Crippen molar-refractivity contribution >= 4 is 34.3 Å². The Hall–Kier alpha value is -3.34. The molecular weight excluding hydrogens is 324 g/mol. The van der Waals surface area contributed by atoms with Crippen LogP contribution in [0.4, 0.5) is 5.69 Å². The molecule has 1 aliphatic rings. The topological polar surface area (TPSA) is 83.3 Å². The highest BCUT2D eigenvalue weighted by Crippen LogP contribution is 2.26. The maximum Gasteiger partial charge on any atom is 0.273 e. The maximum absolute atomic E-state index is 12.3. The van der Waals surface area contributed by atoms with Gasteiger partial charge in [0, 0.05) is 27.8 Å². The molecule has 3 aromatic rings. The first-order valence-corrected chi connectivity index (χ1v) is 8.62. The average Bonchev–Trinajstić information content (AvgIpc) is 3.15. The average molecular weight is 344 g/mol. The van der Waals surface area contributed by atoms with Crippen molar-refractivity contribution in [2.24, 2.45) is 5.10 Å². The standard InChI is InChI=1S/C21H20N4O/c1-13-17(16-4-2-3-5-19(16)23-13)12-18-20(24-25-21(18)26)11-8-14-6-9-15(22)10-7-14/h2-7,9-10,12,23H,8,11,22H2,1H3,(H,25,26). The summed E-state index contributed by atoms with van der Waals surface area (Å²) in [5, 5.41) is 5.34. The number of hydrogen-bond donors (Lipinski definition) is 3. The molecular formula is C21H20N4O. The van der Waals surface area contributed by atoms with Gasteiger partial charge in [-0.15, -0.1) is 0 Å². The molecule has 0 spiro atoms. The number of aromatic nitrogens is 1. The first-order valence-electron chi connectivity index (χ1n) is 8.62. The Labute approximate surface area is 151 Å². The molecule has 26 heavy (non-hydrogen) atoms. The van der Waals surface area contributed by atoms with Gasteiger partial charge in [0.1, 0.15) is 0 Å². The van der Waals surface area contributed by atoms with Gasteiger partial charge in [-0.05, 0) is 49.6 Å². The van der Waals surface area contributed by atoms with Crippen molar-refractivity contribution in [1.29, 1.82) is 0 Å². The molecule has 5 nitrogen and oxygen atoms in total. The van der Waals surface area contributed by atoms with E-state index in [1.165, 1.54) is 5.56 Å². The number of rotatable bonds is 4. The van der Waals surface area contributed by atoms with E-state index in [-0.39, 0.29) is 5.91 Å². The maximum atomic E-state index is 12.3. The van der Waals surface area contributed by atoms with Crippen molar-refractivity contribution in [1.82, 2.24) is 10.4 Å². The number of amides is 1. The van der Waals surface area contributed by atoms with Crippen LogP contribution in [0.15, 0.2) is 59.2 Å². The minimum absolute atomic E-state index is 0.151. The number of nitrogens with zero attached hydrogens (tertiary/aromatic N) is 1. The quantitative estimate of drug-likeness (QED) is 0.499. The van der Waals surface area contributed by atoms with Crippen LogP contribution in [0, 0.1) is 6.92 Å². The largest absolute Gasteiger partial charge is 0.399 e. The molecule has 0 aliphatic carbocycles. The van der Waals surface area contributed by atoms with Crippen molar-refractivity contribution in [3.63, 3.8) is 0 Å². The molecule has 0 saturated carbocycles. The van der Waals surface area contributed by atoms with Crippen molar-refractivity contribution in [2.75, 3.05) is 5.73 Å². The zero-order valence-electron chi connectivity index (χ0n) is 14.5. The lowest BCUT2D eigenvalue weighted by Crippen LogP contribution is -2.13. The fraction of sp³-hybridized carbons (Fsp3) is 0.143. The summed E-state index contributed by atoms with van der Waals surface area (Å²) < 4.78 is 0. The van der Waals surface area contributed by atoms with Crippen LogP contribution in [-0.4, -0.2) is 16.6 Å².